The van der Waals surface area contributed by atoms with Gasteiger partial charge in [0.05, 0.1) is 27.8 Å². The third kappa shape index (κ3) is 18.0. The second kappa shape index (κ2) is 38.3. The Morgan fingerprint density at radius 2 is 0.590 bits per heavy atom. The molecule has 15 heterocycles. The first-order valence-electron chi connectivity index (χ1n) is 54.3. The number of hydrogen-bond acceptors (Lipinski definition) is 10. The second-order valence-corrected chi connectivity index (χ2v) is 36.3. The third-order valence-electron chi connectivity index (χ3n) is 26.6. The molecule has 2 aliphatic carbocycles. The monoisotopic (exact) mass is 1790 g/mol. The first-order chi connectivity index (χ1) is 70.2. The molecule has 2 saturated carbocycles. The van der Waals surface area contributed by atoms with Gasteiger partial charge in [0, 0.05) is 174 Å². The number of aromatic nitrogens is 10. The van der Waals surface area contributed by atoms with Crippen LogP contribution < -0.4 is 22.8 Å². The molecule has 0 N–H and O–H groups in total. The molecule has 22 rings (SSSR count). The molecule has 0 aliphatic heterocycles. The lowest BCUT2D eigenvalue weighted by Crippen LogP contribution is -2.30. The second-order valence-electron chi connectivity index (χ2n) is 36.3. The predicted octanol–water partition coefficient (Wildman–Crippen LogP) is 27.9. The van der Waals surface area contributed by atoms with Gasteiger partial charge in [0.1, 0.15) is 35.2 Å². The van der Waals surface area contributed by atoms with Crippen molar-refractivity contribution >= 4 is 110 Å². The Balaban J connectivity index is 0.000000122. The fourth-order valence-corrected chi connectivity index (χ4v) is 18.8. The topological polar surface area (TPSA) is 150 Å². The predicted molar refractivity (Wildman–Crippen MR) is 546 cm³/mol. The van der Waals surface area contributed by atoms with Crippen LogP contribution in [0.5, 0.6) is 0 Å². The number of furan rings is 5. The smallest absolute Gasteiger partial charge is 0.227 e. The number of nitrogens with zero attached hydrogens (tertiary/aromatic N) is 10. The molecule has 2 aliphatic rings. The summed E-state index contributed by atoms with van der Waals surface area (Å²) in [5.74, 6) is -3.45. The van der Waals surface area contributed by atoms with Gasteiger partial charge in [-0.3, -0.25) is 0 Å². The van der Waals surface area contributed by atoms with Gasteiger partial charge < -0.3 is 22.1 Å². The normalized spacial score (nSPS) is 17.3. The van der Waals surface area contributed by atoms with Crippen molar-refractivity contribution in [2.24, 2.45) is 40.7 Å². The lowest BCUT2D eigenvalue weighted by molar-refractivity contribution is -0.660. The van der Waals surface area contributed by atoms with E-state index < -0.39 is 50.0 Å². The fourth-order valence-electron chi connectivity index (χ4n) is 18.8. The number of benzene rings is 5. The molecule has 0 amide bonds. The van der Waals surface area contributed by atoms with Crippen LogP contribution in [0.3, 0.4) is 0 Å². The largest absolute Gasteiger partial charge is 0.437 e. The first-order valence-corrected chi connectivity index (χ1v) is 47.3. The number of rotatable bonds is 14. The molecule has 15 aromatic heterocycles. The summed E-state index contributed by atoms with van der Waals surface area (Å²) in [7, 11) is 10.2. The molecule has 0 bridgehead atoms. The maximum Gasteiger partial charge on any atom is 0.227 e. The Morgan fingerprint density at radius 3 is 0.903 bits per heavy atom. The molecule has 1 atom stereocenters. The highest BCUT2D eigenvalue weighted by Crippen LogP contribution is 2.45. The highest BCUT2D eigenvalue weighted by Gasteiger charge is 2.31. The van der Waals surface area contributed by atoms with Crippen LogP contribution in [0.1, 0.15) is 235 Å². The molecule has 15 nitrogen and oxygen atoms in total. The molecule has 0 saturated heterocycles. The van der Waals surface area contributed by atoms with Gasteiger partial charge in [-0.15, -0.1) is 0 Å². The van der Waals surface area contributed by atoms with Crippen LogP contribution in [0.2, 0.25) is 0 Å². The summed E-state index contributed by atoms with van der Waals surface area (Å²) >= 11 is 0. The number of pyridine rings is 10. The Hall–Kier alpha value is -13.4. The third-order valence-corrected chi connectivity index (χ3v) is 26.6. The number of aryl methyl sites for hydroxylation is 17. The van der Waals surface area contributed by atoms with Gasteiger partial charge in [0.25, 0.3) is 0 Å². The summed E-state index contributed by atoms with van der Waals surface area (Å²) in [6.45, 7) is 21.2. The van der Waals surface area contributed by atoms with E-state index >= 15 is 0 Å². The van der Waals surface area contributed by atoms with Crippen LogP contribution in [-0.4, -0.2) is 24.9 Å². The standard InChI is InChI=1S/C26H29N2O.C25H27N2O.C25H29N2O.C22H23N2O.C21H21N2O/c1-4-18-14-15-28(3)23(16-18)24-17(2)10-11-20-21-12-13-22(19-8-6-5-7-9-19)27-26(21)29-25(20)24;1-4-17-13-14-27(3)22(15-17)23-16(2)9-10-19-20-11-12-21(18-7-5-6-8-18)26-25(20)28-24(19)23;1-7-17-12-13-27(6)21(14-17)22-16(2)8-10-19-20-11-9-18(15-25(3,4)5)26-24(20)28-23(19)22;1-5-15-11-12-24(4)19(13-15)20-14(3)7-9-17-18-10-8-16(6-2)23-22(18)25-21(17)20;1-5-15-10-11-23(4)18(12-15)19-13(2)6-8-16-17-9-7-14(3)22-21(17)24-20(16)19/h10-16,19H,4-9H2,1-3H3;9-15,18H,4-8H2,1-3H3;8-14H,7,15H2,1-6H3;7-13H,5-6H2,1-4H3;6-12H,5H2,1-4H3/q5*+1/i8D2,9D2,19D;7D2,18D;3D3,4D3;;. The zero-order valence-electron chi connectivity index (χ0n) is 94.4. The average Bonchev–Trinajstić information content (AvgIpc) is 0.989. The molecule has 20 aromatic rings. The van der Waals surface area contributed by atoms with E-state index in [9.17, 15) is 0 Å². The molecule has 0 spiro atoms. The lowest BCUT2D eigenvalue weighted by Gasteiger charge is -2.20. The van der Waals surface area contributed by atoms with Gasteiger partial charge in [-0.05, 0) is 234 Å². The van der Waals surface area contributed by atoms with E-state index in [1.807, 2.05) is 90.7 Å². The van der Waals surface area contributed by atoms with E-state index in [1.165, 1.54) is 57.3 Å². The van der Waals surface area contributed by atoms with E-state index in [-0.39, 0.29) is 25.0 Å². The van der Waals surface area contributed by atoms with E-state index in [0.717, 1.165) is 188 Å². The quantitative estimate of drug-likeness (QED) is 0.0963. The van der Waals surface area contributed by atoms with Crippen molar-refractivity contribution in [1.82, 2.24) is 24.9 Å². The van der Waals surface area contributed by atoms with Crippen LogP contribution in [0.25, 0.3) is 167 Å². The minimum Gasteiger partial charge on any atom is -0.437 e. The average molecular weight is 1790 g/mol. The summed E-state index contributed by atoms with van der Waals surface area (Å²) in [4.78, 5) is 23.1. The van der Waals surface area contributed by atoms with Crippen molar-refractivity contribution in [3.05, 3.63) is 297 Å². The molecular formula is C119H129N10O5+5. The molecular weight excluding hydrogens is 1650 g/mol. The van der Waals surface area contributed by atoms with Crippen LogP contribution in [0.15, 0.2) is 235 Å². The van der Waals surface area contributed by atoms with Gasteiger partial charge in [-0.25, -0.2) is 47.8 Å². The Morgan fingerprint density at radius 1 is 0.313 bits per heavy atom. The number of hydrogen-bond donors (Lipinski definition) is 0. The van der Waals surface area contributed by atoms with Crippen molar-refractivity contribution in [2.45, 2.75) is 218 Å². The highest BCUT2D eigenvalue weighted by molar-refractivity contribution is 6.13. The minimum absolute atomic E-state index is 0.0746. The fraction of sp³-hybridized carbons (Fsp3) is 0.328. The molecule has 0 radical (unpaired) electrons. The Kier molecular flexibility index (Phi) is 21.4. The minimum atomic E-state index is -2.67. The van der Waals surface area contributed by atoms with E-state index in [4.69, 9.17) is 41.3 Å². The molecule has 134 heavy (non-hydrogen) atoms. The van der Waals surface area contributed by atoms with Crippen LogP contribution in [0, 0.1) is 47.0 Å². The zero-order valence-corrected chi connectivity index (χ0v) is 80.4. The van der Waals surface area contributed by atoms with Crippen molar-refractivity contribution in [1.29, 1.82) is 0 Å². The van der Waals surface area contributed by atoms with Crippen molar-refractivity contribution in [3.63, 3.8) is 0 Å². The maximum absolute atomic E-state index is 9.00. The van der Waals surface area contributed by atoms with Crippen LogP contribution in [0.4, 0.5) is 0 Å². The van der Waals surface area contributed by atoms with Gasteiger partial charge in [-0.1, -0.05) is 155 Å². The number of fused-ring (bicyclic) bond motifs is 15. The van der Waals surface area contributed by atoms with E-state index in [2.05, 4.69) is 270 Å². The summed E-state index contributed by atoms with van der Waals surface area (Å²) < 4.78 is 158. The Labute approximate surface area is 807 Å². The highest BCUT2D eigenvalue weighted by atomic mass is 16.4. The van der Waals surface area contributed by atoms with Crippen molar-refractivity contribution in [3.8, 4) is 56.3 Å². The Bertz CT molecular complexity index is 8570. The van der Waals surface area contributed by atoms with Crippen LogP contribution >= 0.6 is 0 Å². The van der Waals surface area contributed by atoms with Gasteiger partial charge in [0.15, 0.2) is 58.9 Å². The van der Waals surface area contributed by atoms with Gasteiger partial charge >= 0.3 is 0 Å². The van der Waals surface area contributed by atoms with Gasteiger partial charge in [0.2, 0.25) is 57.0 Å². The molecule has 680 valence electrons. The summed E-state index contributed by atoms with van der Waals surface area (Å²) in [5.41, 5.74) is 30.5. The maximum atomic E-state index is 9.00. The molecule has 1 unspecified atom stereocenters. The molecule has 15 heteroatoms. The summed E-state index contributed by atoms with van der Waals surface area (Å²) in [6, 6.07) is 61.7. The van der Waals surface area contributed by atoms with Gasteiger partial charge in [-0.2, -0.15) is 0 Å². The lowest BCUT2D eigenvalue weighted by atomic mass is 9.86. The van der Waals surface area contributed by atoms with E-state index in [1.54, 1.807) is 18.2 Å². The summed E-state index contributed by atoms with van der Waals surface area (Å²) in [5, 5.41) is 9.69. The first kappa shape index (κ1) is 75.1. The SMILES string of the molecule is CCc1cc[n+](C)c(-c2c(C)ccc3c2oc2nc(C)ccc23)c1.CCc1cc[n+](C)c(-c2c(C)ccc3c2oc2nc(CC)ccc23)c1.[2H]C([2H])([2H])C(C)(Cc1ccc2c(n1)oc1c(-c3cc(CC)cc[n+]3C)c(C)ccc12)C([2H])([2H])[2H].[2H]C1([2H])CCCC([2H])([2H])C1([2H])c1ccc2c(n1)oc1c(-c3cc(CC)cc[n+]3C)c(C)ccc12.[2H]C1([2H])CCCC1([2H])c1ccc2c(n1)oc1c(-c3cc(CC)cc[n+]3C)c(C)ccc12. The molecule has 2 fully saturated rings. The van der Waals surface area contributed by atoms with Crippen molar-refractivity contribution in [2.75, 3.05) is 0 Å². The summed E-state index contributed by atoms with van der Waals surface area (Å²) in [6.07, 6.45) is 12.5. The van der Waals surface area contributed by atoms with Crippen LogP contribution in [-0.2, 0) is 80.2 Å². The van der Waals surface area contributed by atoms with E-state index in [0.29, 0.717) is 71.1 Å². The molecule has 5 aromatic carbocycles. The van der Waals surface area contributed by atoms with Crippen molar-refractivity contribution < 1.29 is 64.1 Å². The zero-order chi connectivity index (χ0) is 106.